The first-order chi connectivity index (χ1) is 8.50. The highest BCUT2D eigenvalue weighted by atomic mass is 16.1. The fraction of sp³-hybridized carbons (Fsp3) is 0.267. The molecule has 3 nitrogen and oxygen atoms in total. The zero-order valence-corrected chi connectivity index (χ0v) is 11.4. The number of nitrogens with zero attached hydrogens (tertiary/aromatic N) is 2. The SMILES string of the molecule is CN(C)C=CC(=O)C(=CN(C)C)c1ccccc1. The molecule has 0 spiro atoms. The molecule has 96 valence electrons. The molecule has 0 heterocycles. The van der Waals surface area contributed by atoms with E-state index in [4.69, 9.17) is 0 Å². The Balaban J connectivity index is 3.05. The monoisotopic (exact) mass is 244 g/mol. The van der Waals surface area contributed by atoms with Crippen molar-refractivity contribution >= 4 is 11.4 Å². The molecular weight excluding hydrogens is 224 g/mol. The van der Waals surface area contributed by atoms with Crippen LogP contribution in [0.4, 0.5) is 0 Å². The molecule has 0 aromatic heterocycles. The summed E-state index contributed by atoms with van der Waals surface area (Å²) < 4.78 is 0. The number of hydrogen-bond acceptors (Lipinski definition) is 3. The van der Waals surface area contributed by atoms with Gasteiger partial charge in [-0.25, -0.2) is 0 Å². The maximum absolute atomic E-state index is 12.2. The number of benzene rings is 1. The van der Waals surface area contributed by atoms with Crippen LogP contribution in [0.15, 0.2) is 48.8 Å². The van der Waals surface area contributed by atoms with E-state index in [1.807, 2.05) is 74.5 Å². The van der Waals surface area contributed by atoms with Crippen LogP contribution in [0.2, 0.25) is 0 Å². The summed E-state index contributed by atoms with van der Waals surface area (Å²) in [4.78, 5) is 15.9. The van der Waals surface area contributed by atoms with Gasteiger partial charge in [0.15, 0.2) is 5.78 Å². The van der Waals surface area contributed by atoms with Gasteiger partial charge in [0, 0.05) is 52.2 Å². The number of rotatable bonds is 5. The first kappa shape index (κ1) is 14.0. The summed E-state index contributed by atoms with van der Waals surface area (Å²) >= 11 is 0. The van der Waals surface area contributed by atoms with E-state index in [0.29, 0.717) is 5.57 Å². The minimum absolute atomic E-state index is 0.00333. The summed E-state index contributed by atoms with van der Waals surface area (Å²) in [6, 6.07) is 9.69. The topological polar surface area (TPSA) is 23.6 Å². The Morgan fingerprint density at radius 2 is 1.61 bits per heavy atom. The molecule has 1 rings (SSSR count). The molecule has 0 aliphatic carbocycles. The van der Waals surface area contributed by atoms with Crippen molar-refractivity contribution in [1.82, 2.24) is 9.80 Å². The van der Waals surface area contributed by atoms with Crippen molar-refractivity contribution in [2.75, 3.05) is 28.2 Å². The lowest BCUT2D eigenvalue weighted by atomic mass is 10.0. The second-order valence-electron chi connectivity index (χ2n) is 4.52. The maximum atomic E-state index is 12.2. The fourth-order valence-corrected chi connectivity index (χ4v) is 1.46. The lowest BCUT2D eigenvalue weighted by Crippen LogP contribution is -2.08. The van der Waals surface area contributed by atoms with Crippen LogP contribution in [0.25, 0.3) is 5.57 Å². The molecular formula is C15H20N2O. The van der Waals surface area contributed by atoms with Crippen molar-refractivity contribution in [1.29, 1.82) is 0 Å². The van der Waals surface area contributed by atoms with Crippen molar-refractivity contribution in [2.24, 2.45) is 0 Å². The van der Waals surface area contributed by atoms with Crippen molar-refractivity contribution in [3.05, 3.63) is 54.4 Å². The third-order valence-electron chi connectivity index (χ3n) is 2.26. The van der Waals surface area contributed by atoms with Gasteiger partial charge in [-0.15, -0.1) is 0 Å². The largest absolute Gasteiger partial charge is 0.383 e. The molecule has 0 fully saturated rings. The van der Waals surface area contributed by atoms with Gasteiger partial charge in [-0.2, -0.15) is 0 Å². The Labute approximate surface area is 109 Å². The van der Waals surface area contributed by atoms with Crippen LogP contribution in [0.3, 0.4) is 0 Å². The summed E-state index contributed by atoms with van der Waals surface area (Å²) in [5.41, 5.74) is 1.62. The molecule has 1 aromatic rings. The van der Waals surface area contributed by atoms with E-state index in [1.54, 1.807) is 12.3 Å². The zero-order valence-electron chi connectivity index (χ0n) is 11.4. The number of carbonyl (C=O) groups excluding carboxylic acids is 1. The highest BCUT2D eigenvalue weighted by molar-refractivity contribution is 6.25. The molecule has 0 atom stereocenters. The molecule has 0 amide bonds. The lowest BCUT2D eigenvalue weighted by Gasteiger charge is -2.10. The summed E-state index contributed by atoms with van der Waals surface area (Å²) in [7, 11) is 7.60. The first-order valence-corrected chi connectivity index (χ1v) is 5.83. The number of carbonyl (C=O) groups is 1. The fourth-order valence-electron chi connectivity index (χ4n) is 1.46. The number of ketones is 1. The van der Waals surface area contributed by atoms with Gasteiger partial charge >= 0.3 is 0 Å². The van der Waals surface area contributed by atoms with E-state index >= 15 is 0 Å². The molecule has 0 radical (unpaired) electrons. The van der Waals surface area contributed by atoms with Crippen molar-refractivity contribution < 1.29 is 4.79 Å². The second kappa shape index (κ2) is 6.64. The minimum Gasteiger partial charge on any atom is -0.383 e. The van der Waals surface area contributed by atoms with Crippen LogP contribution >= 0.6 is 0 Å². The maximum Gasteiger partial charge on any atom is 0.189 e. The number of allylic oxidation sites excluding steroid dienone is 2. The molecule has 3 heteroatoms. The van der Waals surface area contributed by atoms with E-state index < -0.39 is 0 Å². The van der Waals surface area contributed by atoms with Gasteiger partial charge in [-0.1, -0.05) is 30.3 Å². The van der Waals surface area contributed by atoms with E-state index in [2.05, 4.69) is 0 Å². The summed E-state index contributed by atoms with van der Waals surface area (Å²) in [5, 5.41) is 0. The molecule has 0 saturated carbocycles. The lowest BCUT2D eigenvalue weighted by molar-refractivity contribution is -0.109. The summed E-state index contributed by atoms with van der Waals surface area (Å²) in [6.45, 7) is 0. The molecule has 18 heavy (non-hydrogen) atoms. The van der Waals surface area contributed by atoms with Crippen LogP contribution in [0.5, 0.6) is 0 Å². The molecule has 1 aromatic carbocycles. The third kappa shape index (κ3) is 4.45. The van der Waals surface area contributed by atoms with Crippen LogP contribution in [-0.4, -0.2) is 43.8 Å². The van der Waals surface area contributed by atoms with Crippen LogP contribution in [0, 0.1) is 0 Å². The smallest absolute Gasteiger partial charge is 0.189 e. The van der Waals surface area contributed by atoms with Gasteiger partial charge in [0.05, 0.1) is 0 Å². The average Bonchev–Trinajstić information content (AvgIpc) is 2.34. The van der Waals surface area contributed by atoms with Gasteiger partial charge in [0.2, 0.25) is 0 Å². The normalized spacial score (nSPS) is 11.7. The van der Waals surface area contributed by atoms with Crippen LogP contribution in [0.1, 0.15) is 5.56 Å². The Hall–Kier alpha value is -2.03. The minimum atomic E-state index is 0.00333. The van der Waals surface area contributed by atoms with Crippen molar-refractivity contribution in [3.63, 3.8) is 0 Å². The van der Waals surface area contributed by atoms with Crippen molar-refractivity contribution in [2.45, 2.75) is 0 Å². The van der Waals surface area contributed by atoms with Gasteiger partial charge in [-0.3, -0.25) is 4.79 Å². The van der Waals surface area contributed by atoms with E-state index in [-0.39, 0.29) is 5.78 Å². The Morgan fingerprint density at radius 1 is 1.00 bits per heavy atom. The van der Waals surface area contributed by atoms with E-state index in [0.717, 1.165) is 5.56 Å². The molecule has 0 saturated heterocycles. The molecule has 0 unspecified atom stereocenters. The first-order valence-electron chi connectivity index (χ1n) is 5.83. The van der Waals surface area contributed by atoms with E-state index in [9.17, 15) is 4.79 Å². The molecule has 0 aliphatic rings. The molecule has 0 bridgehead atoms. The predicted octanol–water partition coefficient (Wildman–Crippen LogP) is 2.23. The predicted molar refractivity (Wildman–Crippen MR) is 75.9 cm³/mol. The second-order valence-corrected chi connectivity index (χ2v) is 4.52. The Kier molecular flexibility index (Phi) is 5.18. The Bertz CT molecular complexity index is 445. The third-order valence-corrected chi connectivity index (χ3v) is 2.26. The average molecular weight is 244 g/mol. The van der Waals surface area contributed by atoms with E-state index in [1.165, 1.54) is 0 Å². The molecule has 0 N–H and O–H groups in total. The summed E-state index contributed by atoms with van der Waals surface area (Å²) in [5.74, 6) is 0.00333. The standard InChI is InChI=1S/C15H20N2O/c1-16(2)11-10-15(18)14(12-17(3)4)13-8-6-5-7-9-13/h5-12H,1-4H3. The quantitative estimate of drug-likeness (QED) is 0.742. The van der Waals surface area contributed by atoms with Gasteiger partial charge in [-0.05, 0) is 5.56 Å². The van der Waals surface area contributed by atoms with Crippen LogP contribution < -0.4 is 0 Å². The van der Waals surface area contributed by atoms with Crippen LogP contribution in [-0.2, 0) is 4.79 Å². The summed E-state index contributed by atoms with van der Waals surface area (Å²) in [6.07, 6.45) is 5.19. The highest BCUT2D eigenvalue weighted by Crippen LogP contribution is 2.16. The highest BCUT2D eigenvalue weighted by Gasteiger charge is 2.09. The molecule has 0 aliphatic heterocycles. The van der Waals surface area contributed by atoms with Gasteiger partial charge < -0.3 is 9.80 Å². The Morgan fingerprint density at radius 3 is 2.11 bits per heavy atom. The van der Waals surface area contributed by atoms with Gasteiger partial charge in [0.25, 0.3) is 0 Å². The van der Waals surface area contributed by atoms with Gasteiger partial charge in [0.1, 0.15) is 0 Å². The number of hydrogen-bond donors (Lipinski definition) is 0. The van der Waals surface area contributed by atoms with Crippen molar-refractivity contribution in [3.8, 4) is 0 Å². The zero-order chi connectivity index (χ0) is 13.5.